The SMILES string of the molecule is C=CCOC(=O)c1c2nc3ccccc3nc2n2c1[nH]c(=O)c1cc(OC)c(OC)cc12. The van der Waals surface area contributed by atoms with Crippen molar-refractivity contribution in [1.82, 2.24) is 19.4 Å². The number of nitrogens with one attached hydrogen (secondary N) is 1. The molecule has 0 saturated carbocycles. The van der Waals surface area contributed by atoms with Gasteiger partial charge < -0.3 is 19.2 Å². The topological polar surface area (TPSA) is 108 Å². The molecule has 5 aromatic rings. The molecule has 0 radical (unpaired) electrons. The first-order valence-electron chi connectivity index (χ1n) is 9.74. The number of H-pyrrole nitrogens is 1. The number of fused-ring (bicyclic) bond motifs is 6. The number of esters is 1. The first-order valence-corrected chi connectivity index (χ1v) is 9.74. The number of aromatic nitrogens is 4. The molecule has 9 heteroatoms. The average Bonchev–Trinajstić information content (AvgIpc) is 3.13. The van der Waals surface area contributed by atoms with Gasteiger partial charge in [-0.15, -0.1) is 0 Å². The average molecular weight is 430 g/mol. The van der Waals surface area contributed by atoms with Crippen LogP contribution in [0.2, 0.25) is 0 Å². The van der Waals surface area contributed by atoms with Gasteiger partial charge in [0.25, 0.3) is 5.56 Å². The van der Waals surface area contributed by atoms with Crippen molar-refractivity contribution in [1.29, 1.82) is 0 Å². The van der Waals surface area contributed by atoms with Crippen LogP contribution in [0.3, 0.4) is 0 Å². The number of aromatic amines is 1. The molecule has 0 unspecified atom stereocenters. The molecule has 0 aliphatic heterocycles. The Balaban J connectivity index is 2.01. The van der Waals surface area contributed by atoms with E-state index in [4.69, 9.17) is 19.2 Å². The van der Waals surface area contributed by atoms with Crippen LogP contribution in [0.4, 0.5) is 0 Å². The van der Waals surface area contributed by atoms with Gasteiger partial charge >= 0.3 is 5.97 Å². The highest BCUT2D eigenvalue weighted by Crippen LogP contribution is 2.34. The number of carbonyl (C=O) groups excluding carboxylic acids is 1. The molecular formula is C23H18N4O5. The van der Waals surface area contributed by atoms with E-state index >= 15 is 0 Å². The molecule has 0 bridgehead atoms. The summed E-state index contributed by atoms with van der Waals surface area (Å²) in [7, 11) is 3.00. The molecule has 3 aromatic heterocycles. The van der Waals surface area contributed by atoms with E-state index in [0.29, 0.717) is 44.6 Å². The number of para-hydroxylation sites is 2. The van der Waals surface area contributed by atoms with Crippen molar-refractivity contribution in [2.75, 3.05) is 20.8 Å². The second-order valence-electron chi connectivity index (χ2n) is 7.01. The predicted octanol–water partition coefficient (Wildman–Crippen LogP) is 3.24. The quantitative estimate of drug-likeness (QED) is 0.337. The highest BCUT2D eigenvalue weighted by Gasteiger charge is 2.25. The zero-order valence-electron chi connectivity index (χ0n) is 17.3. The highest BCUT2D eigenvalue weighted by atomic mass is 16.5. The van der Waals surface area contributed by atoms with E-state index in [-0.39, 0.29) is 17.8 Å². The molecule has 5 rings (SSSR count). The van der Waals surface area contributed by atoms with Crippen LogP contribution in [-0.2, 0) is 4.74 Å². The van der Waals surface area contributed by atoms with E-state index in [9.17, 15) is 9.59 Å². The lowest BCUT2D eigenvalue weighted by Crippen LogP contribution is -2.13. The van der Waals surface area contributed by atoms with Crippen molar-refractivity contribution in [2.24, 2.45) is 0 Å². The van der Waals surface area contributed by atoms with E-state index in [1.165, 1.54) is 20.3 Å². The van der Waals surface area contributed by atoms with Gasteiger partial charge in [-0.05, 0) is 18.2 Å². The Morgan fingerprint density at radius 2 is 1.81 bits per heavy atom. The molecule has 0 aliphatic carbocycles. The number of nitrogens with zero attached hydrogens (tertiary/aromatic N) is 3. The Bertz CT molecular complexity index is 1620. The molecule has 3 heterocycles. The van der Waals surface area contributed by atoms with Crippen molar-refractivity contribution in [3.8, 4) is 11.5 Å². The second-order valence-corrected chi connectivity index (χ2v) is 7.01. The van der Waals surface area contributed by atoms with Crippen LogP contribution in [0.15, 0.2) is 53.8 Å². The van der Waals surface area contributed by atoms with Crippen molar-refractivity contribution in [3.05, 3.63) is 65.0 Å². The first kappa shape index (κ1) is 19.6. The van der Waals surface area contributed by atoms with Gasteiger partial charge in [-0.25, -0.2) is 14.8 Å². The maximum atomic E-state index is 13.0. The molecule has 0 spiro atoms. The third-order valence-corrected chi connectivity index (χ3v) is 5.22. The van der Waals surface area contributed by atoms with Gasteiger partial charge in [0, 0.05) is 6.07 Å². The molecular weight excluding hydrogens is 412 g/mol. The molecule has 1 N–H and O–H groups in total. The van der Waals surface area contributed by atoms with Gasteiger partial charge in [0.1, 0.15) is 23.3 Å². The number of carbonyl (C=O) groups is 1. The summed E-state index contributed by atoms with van der Waals surface area (Å²) in [5.74, 6) is 0.194. The molecule has 0 saturated heterocycles. The van der Waals surface area contributed by atoms with E-state index in [1.807, 2.05) is 18.2 Å². The lowest BCUT2D eigenvalue weighted by Gasteiger charge is -2.10. The van der Waals surface area contributed by atoms with Crippen molar-refractivity contribution in [2.45, 2.75) is 0 Å². The van der Waals surface area contributed by atoms with Gasteiger partial charge in [-0.3, -0.25) is 9.20 Å². The molecule has 0 amide bonds. The van der Waals surface area contributed by atoms with Crippen molar-refractivity contribution in [3.63, 3.8) is 0 Å². The standard InChI is InChI=1S/C23H18N4O5/c1-4-9-32-23(29)18-19-21(25-14-8-6-5-7-13(14)24-19)27-15-11-17(31-3)16(30-2)10-12(15)22(28)26-20(18)27/h4-8,10-11H,1,9H2,2-3H3,(H,26,28). The van der Waals surface area contributed by atoms with E-state index in [0.717, 1.165) is 0 Å². The molecule has 2 aromatic carbocycles. The zero-order chi connectivity index (χ0) is 22.4. The van der Waals surface area contributed by atoms with Crippen LogP contribution in [0.5, 0.6) is 11.5 Å². The third kappa shape index (κ3) is 2.78. The van der Waals surface area contributed by atoms with Gasteiger partial charge in [0.05, 0.1) is 36.2 Å². The molecule has 160 valence electrons. The summed E-state index contributed by atoms with van der Waals surface area (Å²) in [4.78, 5) is 38.2. The summed E-state index contributed by atoms with van der Waals surface area (Å²) in [6, 6.07) is 10.6. The maximum Gasteiger partial charge on any atom is 0.344 e. The van der Waals surface area contributed by atoms with Crippen LogP contribution in [0.1, 0.15) is 10.4 Å². The van der Waals surface area contributed by atoms with Crippen molar-refractivity contribution < 1.29 is 19.0 Å². The maximum absolute atomic E-state index is 13.0. The summed E-state index contributed by atoms with van der Waals surface area (Å²) >= 11 is 0. The number of hydrogen-bond donors (Lipinski definition) is 1. The summed E-state index contributed by atoms with van der Waals surface area (Å²) in [6.07, 6.45) is 1.47. The minimum Gasteiger partial charge on any atom is -0.493 e. The Hall–Kier alpha value is -4.40. The minimum atomic E-state index is -0.641. The van der Waals surface area contributed by atoms with Crippen LogP contribution in [-0.4, -0.2) is 46.1 Å². The fourth-order valence-corrected chi connectivity index (χ4v) is 3.81. The van der Waals surface area contributed by atoms with E-state index in [2.05, 4.69) is 16.5 Å². The van der Waals surface area contributed by atoms with Gasteiger partial charge in [-0.2, -0.15) is 0 Å². The van der Waals surface area contributed by atoms with Crippen molar-refractivity contribution >= 4 is 44.7 Å². The lowest BCUT2D eigenvalue weighted by atomic mass is 10.2. The fraction of sp³-hybridized carbons (Fsp3) is 0.130. The van der Waals surface area contributed by atoms with E-state index in [1.54, 1.807) is 22.6 Å². The lowest BCUT2D eigenvalue weighted by molar-refractivity contribution is 0.0554. The molecule has 32 heavy (non-hydrogen) atoms. The number of ether oxygens (including phenoxy) is 3. The molecule has 0 aliphatic rings. The summed E-state index contributed by atoms with van der Waals surface area (Å²) in [5.41, 5.74) is 2.40. The smallest absolute Gasteiger partial charge is 0.344 e. The first-order chi connectivity index (χ1) is 15.6. The molecule has 0 fully saturated rings. The van der Waals surface area contributed by atoms with Gasteiger partial charge in [0.2, 0.25) is 0 Å². The minimum absolute atomic E-state index is 0.0154. The number of hydrogen-bond acceptors (Lipinski definition) is 7. The van der Waals surface area contributed by atoms with Crippen LogP contribution >= 0.6 is 0 Å². The Morgan fingerprint density at radius 3 is 2.50 bits per heavy atom. The monoisotopic (exact) mass is 430 g/mol. The summed E-state index contributed by atoms with van der Waals surface area (Å²) in [6.45, 7) is 3.59. The third-order valence-electron chi connectivity index (χ3n) is 5.22. The molecule has 9 nitrogen and oxygen atoms in total. The highest BCUT2D eigenvalue weighted by molar-refractivity contribution is 6.11. The largest absolute Gasteiger partial charge is 0.493 e. The molecule has 0 atom stereocenters. The Morgan fingerprint density at radius 1 is 1.12 bits per heavy atom. The number of benzene rings is 2. The Kier molecular flexibility index (Phi) is 4.51. The number of rotatable bonds is 5. The predicted molar refractivity (Wildman–Crippen MR) is 120 cm³/mol. The second kappa shape index (κ2) is 7.38. The van der Waals surface area contributed by atoms with E-state index < -0.39 is 11.5 Å². The summed E-state index contributed by atoms with van der Waals surface area (Å²) in [5, 5.41) is 0.341. The van der Waals surface area contributed by atoms with Crippen LogP contribution < -0.4 is 15.0 Å². The van der Waals surface area contributed by atoms with Gasteiger partial charge in [0.15, 0.2) is 17.1 Å². The fourth-order valence-electron chi connectivity index (χ4n) is 3.81. The zero-order valence-corrected chi connectivity index (χ0v) is 17.3. The Labute approximate surface area is 180 Å². The number of methoxy groups -OCH3 is 2. The summed E-state index contributed by atoms with van der Waals surface area (Å²) < 4.78 is 17.8. The van der Waals surface area contributed by atoms with Gasteiger partial charge in [-0.1, -0.05) is 24.8 Å². The van der Waals surface area contributed by atoms with Crippen LogP contribution in [0.25, 0.3) is 38.7 Å². The normalized spacial score (nSPS) is 11.3. The van der Waals surface area contributed by atoms with Crippen LogP contribution in [0, 0.1) is 0 Å².